The van der Waals surface area contributed by atoms with E-state index in [1.54, 1.807) is 4.90 Å². The molecule has 0 radical (unpaired) electrons. The first-order chi connectivity index (χ1) is 12.5. The minimum absolute atomic E-state index is 0.0468. The fourth-order valence-corrected chi connectivity index (χ4v) is 3.90. The van der Waals surface area contributed by atoms with E-state index in [2.05, 4.69) is 17.6 Å². The van der Waals surface area contributed by atoms with Crippen LogP contribution in [0.3, 0.4) is 0 Å². The molecular formula is C20H38N3O3+. The molecule has 1 heterocycles. The third-order valence-electron chi connectivity index (χ3n) is 5.84. The van der Waals surface area contributed by atoms with Crippen LogP contribution in [0.25, 0.3) is 0 Å². The molecule has 0 aromatic carbocycles. The van der Waals surface area contributed by atoms with Gasteiger partial charge in [-0.05, 0) is 37.5 Å². The van der Waals surface area contributed by atoms with Gasteiger partial charge in [0.15, 0.2) is 0 Å². The summed E-state index contributed by atoms with van der Waals surface area (Å²) in [7, 11) is 0. The van der Waals surface area contributed by atoms with Gasteiger partial charge in [-0.1, -0.05) is 20.8 Å². The van der Waals surface area contributed by atoms with Gasteiger partial charge in [-0.25, -0.2) is 0 Å². The molecule has 0 spiro atoms. The highest BCUT2D eigenvalue weighted by molar-refractivity contribution is 5.88. The Balaban J connectivity index is 1.71. The van der Waals surface area contributed by atoms with Crippen LogP contribution >= 0.6 is 0 Å². The highest BCUT2D eigenvalue weighted by Crippen LogP contribution is 2.28. The van der Waals surface area contributed by atoms with Crippen molar-refractivity contribution in [1.29, 1.82) is 0 Å². The Hall–Kier alpha value is -1.14. The van der Waals surface area contributed by atoms with Gasteiger partial charge in [0, 0.05) is 18.9 Å². The van der Waals surface area contributed by atoms with E-state index in [0.717, 1.165) is 70.9 Å². The summed E-state index contributed by atoms with van der Waals surface area (Å²) in [5.41, 5.74) is 0. The molecule has 150 valence electrons. The van der Waals surface area contributed by atoms with E-state index in [1.807, 2.05) is 13.8 Å². The second kappa shape index (κ2) is 10.9. The zero-order valence-corrected chi connectivity index (χ0v) is 16.8. The Morgan fingerprint density at radius 1 is 1.12 bits per heavy atom. The molecule has 1 saturated heterocycles. The number of hydrogen-bond acceptors (Lipinski definition) is 3. The van der Waals surface area contributed by atoms with Crippen molar-refractivity contribution in [2.24, 2.45) is 17.8 Å². The third kappa shape index (κ3) is 6.88. The summed E-state index contributed by atoms with van der Waals surface area (Å²) in [6.45, 7) is 11.7. The van der Waals surface area contributed by atoms with Crippen LogP contribution in [0.2, 0.25) is 0 Å². The number of carbonyl (C=O) groups is 2. The fourth-order valence-electron chi connectivity index (χ4n) is 3.90. The third-order valence-corrected chi connectivity index (χ3v) is 5.84. The maximum atomic E-state index is 12.6. The van der Waals surface area contributed by atoms with Gasteiger partial charge in [0.2, 0.25) is 11.8 Å². The molecule has 2 aliphatic rings. The Kier molecular flexibility index (Phi) is 8.85. The van der Waals surface area contributed by atoms with Crippen LogP contribution in [-0.2, 0) is 14.3 Å². The minimum atomic E-state index is -0.433. The number of amides is 2. The molecule has 1 atom stereocenters. The summed E-state index contributed by atoms with van der Waals surface area (Å²) in [4.78, 5) is 26.7. The molecule has 2 fully saturated rings. The van der Waals surface area contributed by atoms with E-state index >= 15 is 0 Å². The van der Waals surface area contributed by atoms with Gasteiger partial charge in [-0.15, -0.1) is 0 Å². The van der Waals surface area contributed by atoms with E-state index in [1.165, 1.54) is 0 Å². The van der Waals surface area contributed by atoms with Gasteiger partial charge in [-0.3, -0.25) is 9.59 Å². The molecule has 2 amide bonds. The average Bonchev–Trinajstić information content (AvgIpc) is 2.64. The molecule has 0 aromatic heterocycles. The molecule has 3 N–H and O–H groups in total. The lowest BCUT2D eigenvalue weighted by molar-refractivity contribution is -0.908. The quantitative estimate of drug-likeness (QED) is 0.542. The molecule has 0 unspecified atom stereocenters. The number of morpholine rings is 1. The van der Waals surface area contributed by atoms with Crippen molar-refractivity contribution < 1.29 is 19.2 Å². The highest BCUT2D eigenvalue weighted by atomic mass is 16.5. The van der Waals surface area contributed by atoms with Crippen LogP contribution in [0.15, 0.2) is 0 Å². The van der Waals surface area contributed by atoms with Crippen LogP contribution in [0.4, 0.5) is 0 Å². The predicted octanol–water partition coefficient (Wildman–Crippen LogP) is 0.375. The van der Waals surface area contributed by atoms with Crippen molar-refractivity contribution >= 4 is 11.8 Å². The summed E-state index contributed by atoms with van der Waals surface area (Å²) in [6.07, 6.45) is 5.07. The summed E-state index contributed by atoms with van der Waals surface area (Å²) < 4.78 is 5.36. The zero-order valence-electron chi connectivity index (χ0n) is 16.8. The number of ether oxygens (including phenoxy) is 1. The monoisotopic (exact) mass is 368 g/mol. The molecule has 2 rings (SSSR count). The molecular weight excluding hydrogens is 330 g/mol. The molecule has 1 aliphatic carbocycles. The second-order valence-corrected chi connectivity index (χ2v) is 8.44. The van der Waals surface area contributed by atoms with Gasteiger partial charge in [0.05, 0.1) is 19.8 Å². The van der Waals surface area contributed by atoms with Crippen molar-refractivity contribution in [1.82, 2.24) is 10.6 Å². The first-order valence-corrected chi connectivity index (χ1v) is 10.5. The van der Waals surface area contributed by atoms with Crippen molar-refractivity contribution in [2.75, 3.05) is 39.4 Å². The smallest absolute Gasteiger partial charge is 0.242 e. The Morgan fingerprint density at radius 3 is 2.38 bits per heavy atom. The second-order valence-electron chi connectivity index (χ2n) is 8.44. The Bertz CT molecular complexity index is 442. The molecule has 6 heteroatoms. The molecule has 0 bridgehead atoms. The lowest BCUT2D eigenvalue weighted by Crippen LogP contribution is -3.14. The average molecular weight is 369 g/mol. The molecule has 1 aliphatic heterocycles. The van der Waals surface area contributed by atoms with Crippen LogP contribution < -0.4 is 15.5 Å². The van der Waals surface area contributed by atoms with Gasteiger partial charge in [0.25, 0.3) is 0 Å². The molecule has 0 aromatic rings. The van der Waals surface area contributed by atoms with Crippen LogP contribution in [0, 0.1) is 17.8 Å². The van der Waals surface area contributed by atoms with Crippen LogP contribution in [-0.4, -0.2) is 57.2 Å². The SMILES string of the molecule is CC1CCC(C(=O)N[C@H](C(=O)NCCC[NH+]2CCOCC2)C(C)C)CC1. The largest absolute Gasteiger partial charge is 0.370 e. The van der Waals surface area contributed by atoms with Crippen LogP contribution in [0.1, 0.15) is 52.9 Å². The van der Waals surface area contributed by atoms with Crippen molar-refractivity contribution in [2.45, 2.75) is 58.9 Å². The summed E-state index contributed by atoms with van der Waals surface area (Å²) in [6, 6.07) is -0.433. The topological polar surface area (TPSA) is 71.9 Å². The summed E-state index contributed by atoms with van der Waals surface area (Å²) in [5, 5.41) is 6.04. The van der Waals surface area contributed by atoms with E-state index in [4.69, 9.17) is 4.74 Å². The first kappa shape index (κ1) is 21.2. The summed E-state index contributed by atoms with van der Waals surface area (Å²) >= 11 is 0. The van der Waals surface area contributed by atoms with Crippen molar-refractivity contribution in [3.05, 3.63) is 0 Å². The normalized spacial score (nSPS) is 25.7. The van der Waals surface area contributed by atoms with E-state index in [-0.39, 0.29) is 23.7 Å². The number of quaternary nitrogens is 1. The van der Waals surface area contributed by atoms with Gasteiger partial charge < -0.3 is 20.3 Å². The molecule has 26 heavy (non-hydrogen) atoms. The number of nitrogens with one attached hydrogen (secondary N) is 3. The van der Waals surface area contributed by atoms with E-state index < -0.39 is 6.04 Å². The Labute approximate surface area is 158 Å². The first-order valence-electron chi connectivity index (χ1n) is 10.5. The van der Waals surface area contributed by atoms with Gasteiger partial charge in [-0.2, -0.15) is 0 Å². The van der Waals surface area contributed by atoms with E-state index in [0.29, 0.717) is 6.54 Å². The summed E-state index contributed by atoms with van der Waals surface area (Å²) in [5.74, 6) is 0.895. The van der Waals surface area contributed by atoms with Gasteiger partial charge >= 0.3 is 0 Å². The number of carbonyl (C=O) groups excluding carboxylic acids is 2. The molecule has 1 saturated carbocycles. The zero-order chi connectivity index (χ0) is 18.9. The van der Waals surface area contributed by atoms with Gasteiger partial charge in [0.1, 0.15) is 19.1 Å². The maximum absolute atomic E-state index is 12.6. The number of hydrogen-bond donors (Lipinski definition) is 3. The van der Waals surface area contributed by atoms with Crippen LogP contribution in [0.5, 0.6) is 0 Å². The highest BCUT2D eigenvalue weighted by Gasteiger charge is 2.29. The minimum Gasteiger partial charge on any atom is -0.370 e. The van der Waals surface area contributed by atoms with Crippen molar-refractivity contribution in [3.8, 4) is 0 Å². The van der Waals surface area contributed by atoms with Crippen molar-refractivity contribution in [3.63, 3.8) is 0 Å². The fraction of sp³-hybridized carbons (Fsp3) is 0.900. The lowest BCUT2D eigenvalue weighted by Gasteiger charge is -2.28. The van der Waals surface area contributed by atoms with E-state index in [9.17, 15) is 9.59 Å². The standard InChI is InChI=1S/C20H37N3O3/c1-15(2)18(22-19(24)17-7-5-16(3)6-8-17)20(25)21-9-4-10-23-11-13-26-14-12-23/h15-18H,4-14H2,1-3H3,(H,21,25)(H,22,24)/p+1/t16?,17?,18-/m0/s1. The lowest BCUT2D eigenvalue weighted by atomic mass is 9.82. The predicted molar refractivity (Wildman–Crippen MR) is 102 cm³/mol. The molecule has 6 nitrogen and oxygen atoms in total. The number of rotatable bonds is 8. The maximum Gasteiger partial charge on any atom is 0.242 e. The Morgan fingerprint density at radius 2 is 1.77 bits per heavy atom.